The maximum absolute atomic E-state index is 12.9. The Morgan fingerprint density at radius 1 is 1.14 bits per heavy atom. The molecule has 0 bridgehead atoms. The number of carbonyl (C=O) groups is 2. The van der Waals surface area contributed by atoms with Crippen LogP contribution in [0, 0.1) is 5.82 Å². The van der Waals surface area contributed by atoms with Crippen molar-refractivity contribution in [2.45, 2.75) is 0 Å². The molecule has 6 heteroatoms. The fraction of sp³-hybridized carbons (Fsp3) is 0. The van der Waals surface area contributed by atoms with Gasteiger partial charge in [-0.2, -0.15) is 0 Å². The molecule has 0 unspecified atom stereocenters. The van der Waals surface area contributed by atoms with Crippen molar-refractivity contribution in [2.75, 3.05) is 4.90 Å². The molecular formula is C15H9FN2O2S. The van der Waals surface area contributed by atoms with Crippen LogP contribution in [0.5, 0.6) is 0 Å². The summed E-state index contributed by atoms with van der Waals surface area (Å²) in [6.07, 6.45) is 4.84. The minimum absolute atomic E-state index is 0.317. The highest BCUT2D eigenvalue weighted by molar-refractivity contribution is 8.19. The summed E-state index contributed by atoms with van der Waals surface area (Å²) in [7, 11) is 0. The average molecular weight is 300 g/mol. The zero-order valence-electron chi connectivity index (χ0n) is 10.7. The molecule has 4 nitrogen and oxygen atoms in total. The van der Waals surface area contributed by atoms with Crippen molar-refractivity contribution >= 4 is 34.7 Å². The first-order valence-corrected chi connectivity index (χ1v) is 6.90. The van der Waals surface area contributed by atoms with E-state index in [2.05, 4.69) is 4.98 Å². The maximum Gasteiger partial charge on any atom is 0.298 e. The highest BCUT2D eigenvalue weighted by Crippen LogP contribution is 2.35. The molecule has 0 atom stereocenters. The number of imide groups is 1. The third-order valence-electron chi connectivity index (χ3n) is 2.86. The topological polar surface area (TPSA) is 50.3 Å². The summed E-state index contributed by atoms with van der Waals surface area (Å²) in [6, 6.07) is 8.76. The van der Waals surface area contributed by atoms with Crippen molar-refractivity contribution in [3.63, 3.8) is 0 Å². The molecule has 0 N–H and O–H groups in total. The molecule has 3 rings (SSSR count). The molecule has 104 valence electrons. The number of pyridine rings is 1. The lowest BCUT2D eigenvalue weighted by molar-refractivity contribution is -0.113. The van der Waals surface area contributed by atoms with Gasteiger partial charge in [-0.1, -0.05) is 6.07 Å². The summed E-state index contributed by atoms with van der Waals surface area (Å²) >= 11 is 0.853. The van der Waals surface area contributed by atoms with Crippen molar-refractivity contribution < 1.29 is 14.0 Å². The number of anilines is 1. The molecule has 1 aromatic carbocycles. The van der Waals surface area contributed by atoms with Crippen LogP contribution in [0.3, 0.4) is 0 Å². The fourth-order valence-corrected chi connectivity index (χ4v) is 2.73. The van der Waals surface area contributed by atoms with Crippen molar-refractivity contribution in [2.24, 2.45) is 0 Å². The largest absolute Gasteiger partial charge is 0.298 e. The lowest BCUT2D eigenvalue weighted by Gasteiger charge is -2.11. The molecule has 0 spiro atoms. The van der Waals surface area contributed by atoms with E-state index in [0.29, 0.717) is 10.6 Å². The Bertz CT molecular complexity index is 729. The molecule has 0 aliphatic carbocycles. The van der Waals surface area contributed by atoms with Crippen LogP contribution >= 0.6 is 11.8 Å². The number of amides is 2. The van der Waals surface area contributed by atoms with Gasteiger partial charge in [0, 0.05) is 12.4 Å². The number of benzene rings is 1. The van der Waals surface area contributed by atoms with Crippen LogP contribution in [0.15, 0.2) is 53.7 Å². The first-order chi connectivity index (χ1) is 10.1. The molecule has 2 amide bonds. The predicted octanol–water partition coefficient (Wildman–Crippen LogP) is 3.46. The molecule has 1 fully saturated rings. The van der Waals surface area contributed by atoms with Gasteiger partial charge in [0.15, 0.2) is 0 Å². The van der Waals surface area contributed by atoms with Crippen LogP contribution in [-0.4, -0.2) is 16.1 Å². The maximum atomic E-state index is 12.9. The molecule has 1 saturated heterocycles. The first kappa shape index (κ1) is 13.5. The monoisotopic (exact) mass is 300 g/mol. The second-order valence-electron chi connectivity index (χ2n) is 4.28. The Hall–Kier alpha value is -2.47. The van der Waals surface area contributed by atoms with Gasteiger partial charge in [0.05, 0.1) is 10.6 Å². The van der Waals surface area contributed by atoms with E-state index in [9.17, 15) is 14.0 Å². The number of halogens is 1. The van der Waals surface area contributed by atoms with Crippen molar-refractivity contribution in [3.8, 4) is 0 Å². The Balaban J connectivity index is 1.92. The summed E-state index contributed by atoms with van der Waals surface area (Å²) in [6.45, 7) is 0. The molecule has 1 aromatic heterocycles. The SMILES string of the molecule is O=C1S/C(=C\c2cccnc2)C(=O)N1c1ccc(F)cc1. The highest BCUT2D eigenvalue weighted by atomic mass is 32.2. The number of rotatable bonds is 2. The molecular weight excluding hydrogens is 291 g/mol. The van der Waals surface area contributed by atoms with E-state index in [0.717, 1.165) is 22.2 Å². The Morgan fingerprint density at radius 3 is 2.57 bits per heavy atom. The van der Waals surface area contributed by atoms with Crippen LogP contribution in [0.25, 0.3) is 6.08 Å². The van der Waals surface area contributed by atoms with Crippen LogP contribution in [-0.2, 0) is 4.79 Å². The van der Waals surface area contributed by atoms with Crippen molar-refractivity contribution in [1.82, 2.24) is 4.98 Å². The van der Waals surface area contributed by atoms with Gasteiger partial charge >= 0.3 is 0 Å². The van der Waals surface area contributed by atoms with E-state index < -0.39 is 17.0 Å². The van der Waals surface area contributed by atoms with E-state index in [4.69, 9.17) is 0 Å². The molecule has 2 aromatic rings. The second-order valence-corrected chi connectivity index (χ2v) is 5.27. The Morgan fingerprint density at radius 2 is 1.90 bits per heavy atom. The van der Waals surface area contributed by atoms with Gasteiger partial charge < -0.3 is 0 Å². The van der Waals surface area contributed by atoms with Gasteiger partial charge in [0.2, 0.25) is 0 Å². The zero-order chi connectivity index (χ0) is 14.8. The minimum atomic E-state index is -0.420. The summed E-state index contributed by atoms with van der Waals surface area (Å²) in [5, 5.41) is -0.401. The van der Waals surface area contributed by atoms with Crippen LogP contribution in [0.4, 0.5) is 14.9 Å². The predicted molar refractivity (Wildman–Crippen MR) is 79.1 cm³/mol. The van der Waals surface area contributed by atoms with E-state index in [1.807, 2.05) is 0 Å². The number of carbonyl (C=O) groups excluding carboxylic acids is 2. The van der Waals surface area contributed by atoms with Crippen LogP contribution < -0.4 is 4.90 Å². The zero-order valence-corrected chi connectivity index (χ0v) is 11.5. The molecule has 0 radical (unpaired) electrons. The Kier molecular flexibility index (Phi) is 3.53. The smallest absolute Gasteiger partial charge is 0.268 e. The molecule has 0 saturated carbocycles. The van der Waals surface area contributed by atoms with Gasteiger partial charge in [-0.05, 0) is 53.7 Å². The molecule has 1 aliphatic rings. The molecule has 21 heavy (non-hydrogen) atoms. The average Bonchev–Trinajstić information content (AvgIpc) is 2.76. The van der Waals surface area contributed by atoms with Crippen molar-refractivity contribution in [3.05, 3.63) is 65.1 Å². The highest BCUT2D eigenvalue weighted by Gasteiger charge is 2.36. The summed E-state index contributed by atoms with van der Waals surface area (Å²) in [5.74, 6) is -0.836. The van der Waals surface area contributed by atoms with Crippen LogP contribution in [0.2, 0.25) is 0 Å². The fourth-order valence-electron chi connectivity index (χ4n) is 1.89. The van der Waals surface area contributed by atoms with Gasteiger partial charge in [0.25, 0.3) is 11.1 Å². The van der Waals surface area contributed by atoms with Gasteiger partial charge in [-0.25, -0.2) is 9.29 Å². The van der Waals surface area contributed by atoms with Crippen LogP contribution in [0.1, 0.15) is 5.56 Å². The number of hydrogen-bond donors (Lipinski definition) is 0. The van der Waals surface area contributed by atoms with Gasteiger partial charge in [-0.3, -0.25) is 14.6 Å². The quantitative estimate of drug-likeness (QED) is 0.797. The summed E-state index contributed by atoms with van der Waals surface area (Å²) in [5.41, 5.74) is 1.09. The van der Waals surface area contributed by atoms with E-state index >= 15 is 0 Å². The number of thioether (sulfide) groups is 1. The number of aromatic nitrogens is 1. The summed E-state index contributed by atoms with van der Waals surface area (Å²) < 4.78 is 12.9. The van der Waals surface area contributed by atoms with E-state index in [-0.39, 0.29) is 0 Å². The molecule has 1 aliphatic heterocycles. The molecule has 2 heterocycles. The van der Waals surface area contributed by atoms with Crippen molar-refractivity contribution in [1.29, 1.82) is 0 Å². The number of nitrogens with zero attached hydrogens (tertiary/aromatic N) is 2. The standard InChI is InChI=1S/C15H9FN2O2S/c16-11-3-5-12(6-4-11)18-14(19)13(21-15(18)20)8-10-2-1-7-17-9-10/h1-9H/b13-8-. The third-order valence-corrected chi connectivity index (χ3v) is 3.73. The minimum Gasteiger partial charge on any atom is -0.268 e. The van der Waals surface area contributed by atoms with E-state index in [1.54, 1.807) is 30.6 Å². The van der Waals surface area contributed by atoms with Gasteiger partial charge in [0.1, 0.15) is 5.82 Å². The number of hydrogen-bond acceptors (Lipinski definition) is 4. The second kappa shape index (κ2) is 5.49. The lowest BCUT2D eigenvalue weighted by Crippen LogP contribution is -2.27. The summed E-state index contributed by atoms with van der Waals surface area (Å²) in [4.78, 5) is 29.6. The third kappa shape index (κ3) is 2.71. The Labute approximate surface area is 124 Å². The van der Waals surface area contributed by atoms with E-state index in [1.165, 1.54) is 24.3 Å². The van der Waals surface area contributed by atoms with Gasteiger partial charge in [-0.15, -0.1) is 0 Å². The normalized spacial score (nSPS) is 16.8. The lowest BCUT2D eigenvalue weighted by atomic mass is 10.2. The first-order valence-electron chi connectivity index (χ1n) is 6.09.